The third-order valence-electron chi connectivity index (χ3n) is 6.46. The van der Waals surface area contributed by atoms with Crippen LogP contribution in [0.2, 0.25) is 0 Å². The Bertz CT molecular complexity index is 450. The molecule has 0 saturated heterocycles. The van der Waals surface area contributed by atoms with Crippen molar-refractivity contribution in [2.75, 3.05) is 0 Å². The minimum absolute atomic E-state index is 0. The monoisotopic (exact) mass is 622 g/mol. The maximum Gasteiger partial charge on any atom is 2.00 e. The number of unbranched alkanes of at least 4 members (excludes halogenated alkanes) is 14. The van der Waals surface area contributed by atoms with Crippen molar-refractivity contribution >= 4 is 11.9 Å². The van der Waals surface area contributed by atoms with Gasteiger partial charge in [-0.1, -0.05) is 130 Å². The van der Waals surface area contributed by atoms with Crippen LogP contribution in [-0.2, 0) is 31.3 Å². The molecular weight excluding hydrogens is 552 g/mol. The normalized spacial score (nSPS) is 11.6. The first-order valence-electron chi connectivity index (χ1n) is 16.7. The van der Waals surface area contributed by atoms with Gasteiger partial charge in [0.05, 0.1) is 0 Å². The van der Waals surface area contributed by atoms with Crippen LogP contribution in [0.5, 0.6) is 0 Å². The summed E-state index contributed by atoms with van der Waals surface area (Å²) in [4.78, 5) is 21.3. The predicted octanol–water partition coefficient (Wildman–Crippen LogP) is 7.36. The summed E-state index contributed by atoms with van der Waals surface area (Å²) >= 11 is 0. The van der Waals surface area contributed by atoms with E-state index in [2.05, 4.69) is 13.8 Å². The number of carboxylic acid groups (broad SMARTS) is 2. The van der Waals surface area contributed by atoms with E-state index in [4.69, 9.17) is 10.2 Å². The molecule has 2 atom stereocenters. The van der Waals surface area contributed by atoms with Gasteiger partial charge in [-0.2, -0.15) is 0 Å². The van der Waals surface area contributed by atoms with Crippen molar-refractivity contribution in [1.29, 1.82) is 0 Å². The van der Waals surface area contributed by atoms with Gasteiger partial charge in [-0.05, 0) is 65.2 Å². The average molecular weight is 623 g/mol. The smallest absolute Gasteiger partial charge is 0.550 e. The van der Waals surface area contributed by atoms with Gasteiger partial charge in [0.15, 0.2) is 0 Å². The van der Waals surface area contributed by atoms with Gasteiger partial charge in [0.2, 0.25) is 0 Å². The standard InChI is InChI=1S/2C14H28O2.2C3H8O.Ti/c2*1-3-5-6-7-8-9-10-11-12-13(4-2)14(15)16;2*1-3(2)4;/h2*13H,3-12H2,1-2H3,(H,15,16);2*3-4H,1-2H3;/q;;;;+2/p-2. The molecule has 0 saturated carbocycles. The van der Waals surface area contributed by atoms with E-state index in [0.717, 1.165) is 25.7 Å². The van der Waals surface area contributed by atoms with Crippen LogP contribution in [0.4, 0.5) is 0 Å². The number of hydrogen-bond acceptors (Lipinski definition) is 6. The number of carbonyl (C=O) groups is 2. The Morgan fingerprint density at radius 3 is 0.854 bits per heavy atom. The van der Waals surface area contributed by atoms with Crippen LogP contribution in [0.15, 0.2) is 0 Å². The maximum atomic E-state index is 10.7. The van der Waals surface area contributed by atoms with E-state index >= 15 is 0 Å². The molecule has 0 spiro atoms. The fourth-order valence-electron chi connectivity index (χ4n) is 4.03. The molecule has 0 bridgehead atoms. The first kappa shape index (κ1) is 50.2. The SMILES string of the molecule is CC(C)O.CC(C)O.CCCCCCCCCCC(CC)C(=O)[O-].CCCCCCCCCCC(CC)C(=O)[O-].[Ti+2]. The van der Waals surface area contributed by atoms with Gasteiger partial charge in [0.1, 0.15) is 0 Å². The second kappa shape index (κ2) is 41.7. The molecule has 0 aliphatic heterocycles. The summed E-state index contributed by atoms with van der Waals surface area (Å²) in [7, 11) is 0. The molecule has 0 aromatic rings. The minimum atomic E-state index is -0.870. The Labute approximate surface area is 270 Å². The number of rotatable bonds is 22. The van der Waals surface area contributed by atoms with Gasteiger partial charge in [-0.3, -0.25) is 0 Å². The van der Waals surface area contributed by atoms with E-state index < -0.39 is 11.9 Å². The van der Waals surface area contributed by atoms with Crippen molar-refractivity contribution in [3.63, 3.8) is 0 Å². The van der Waals surface area contributed by atoms with Crippen molar-refractivity contribution in [3.8, 4) is 0 Å². The summed E-state index contributed by atoms with van der Waals surface area (Å²) < 4.78 is 0. The number of aliphatic hydroxyl groups excluding tert-OH is 2. The number of carboxylic acids is 2. The Kier molecular flexibility index (Phi) is 51.1. The first-order chi connectivity index (χ1) is 18.9. The average Bonchev–Trinajstić information content (AvgIpc) is 2.86. The third kappa shape index (κ3) is 56.0. The van der Waals surface area contributed by atoms with E-state index in [1.54, 1.807) is 27.7 Å². The van der Waals surface area contributed by atoms with E-state index in [0.29, 0.717) is 12.8 Å². The topological polar surface area (TPSA) is 121 Å². The summed E-state index contributed by atoms with van der Waals surface area (Å²) in [6.07, 6.45) is 22.9. The van der Waals surface area contributed by atoms with Crippen LogP contribution in [0.25, 0.3) is 0 Å². The van der Waals surface area contributed by atoms with Crippen molar-refractivity contribution in [1.82, 2.24) is 0 Å². The van der Waals surface area contributed by atoms with Crippen LogP contribution in [0.1, 0.15) is 184 Å². The van der Waals surface area contributed by atoms with Crippen LogP contribution in [-0.4, -0.2) is 34.4 Å². The third-order valence-corrected chi connectivity index (χ3v) is 6.46. The number of aliphatic hydroxyl groups is 2. The maximum absolute atomic E-state index is 10.7. The molecule has 246 valence electrons. The van der Waals surface area contributed by atoms with Crippen LogP contribution >= 0.6 is 0 Å². The summed E-state index contributed by atoms with van der Waals surface area (Å²) in [5.41, 5.74) is 0. The number of hydrogen-bond donors (Lipinski definition) is 2. The second-order valence-corrected chi connectivity index (χ2v) is 11.6. The summed E-state index contributed by atoms with van der Waals surface area (Å²) in [5.74, 6) is -2.18. The van der Waals surface area contributed by atoms with Crippen molar-refractivity contribution in [3.05, 3.63) is 0 Å². The molecule has 0 fully saturated rings. The second-order valence-electron chi connectivity index (χ2n) is 11.6. The molecule has 6 nitrogen and oxygen atoms in total. The molecule has 0 amide bonds. The Hall–Kier alpha value is -0.426. The van der Waals surface area contributed by atoms with E-state index in [1.165, 1.54) is 89.9 Å². The first-order valence-corrected chi connectivity index (χ1v) is 16.7. The molecule has 0 heterocycles. The van der Waals surface area contributed by atoms with Gasteiger partial charge in [0, 0.05) is 24.1 Å². The van der Waals surface area contributed by atoms with E-state index in [9.17, 15) is 19.8 Å². The quantitative estimate of drug-likeness (QED) is 0.0962. The molecule has 0 radical (unpaired) electrons. The van der Waals surface area contributed by atoms with Crippen LogP contribution < -0.4 is 10.2 Å². The molecule has 0 aliphatic carbocycles. The Balaban J connectivity index is -0.000000163. The molecule has 7 heteroatoms. The molecular formula is C34H70O6Ti. The van der Waals surface area contributed by atoms with Gasteiger partial charge in [0.25, 0.3) is 0 Å². The summed E-state index contributed by atoms with van der Waals surface area (Å²) in [5, 5.41) is 37.4. The van der Waals surface area contributed by atoms with Crippen molar-refractivity contribution < 1.29 is 51.7 Å². The molecule has 2 N–H and O–H groups in total. The Morgan fingerprint density at radius 1 is 0.488 bits per heavy atom. The number of aliphatic carboxylic acids is 2. The molecule has 0 aromatic carbocycles. The van der Waals surface area contributed by atoms with Crippen LogP contribution in [0, 0.1) is 11.8 Å². The van der Waals surface area contributed by atoms with Gasteiger partial charge in [-0.25, -0.2) is 0 Å². The zero-order valence-corrected chi connectivity index (χ0v) is 30.0. The molecule has 0 aromatic heterocycles. The fraction of sp³-hybridized carbons (Fsp3) is 0.941. The van der Waals surface area contributed by atoms with Gasteiger partial charge < -0.3 is 30.0 Å². The summed E-state index contributed by atoms with van der Waals surface area (Å²) in [6, 6.07) is 0. The fourth-order valence-corrected chi connectivity index (χ4v) is 4.03. The predicted molar refractivity (Wildman–Crippen MR) is 167 cm³/mol. The van der Waals surface area contributed by atoms with Gasteiger partial charge >= 0.3 is 21.7 Å². The molecule has 41 heavy (non-hydrogen) atoms. The summed E-state index contributed by atoms with van der Waals surface area (Å²) in [6.45, 7) is 15.2. The molecule has 0 aliphatic rings. The molecule has 0 rings (SSSR count). The van der Waals surface area contributed by atoms with Crippen molar-refractivity contribution in [2.24, 2.45) is 11.8 Å². The van der Waals surface area contributed by atoms with Crippen molar-refractivity contribution in [2.45, 2.75) is 196 Å². The number of carbonyl (C=O) groups excluding carboxylic acids is 2. The minimum Gasteiger partial charge on any atom is -0.550 e. The Morgan fingerprint density at radius 2 is 0.683 bits per heavy atom. The zero-order chi connectivity index (χ0) is 31.6. The van der Waals surface area contributed by atoms with E-state index in [1.807, 2.05) is 13.8 Å². The van der Waals surface area contributed by atoms with Crippen LogP contribution in [0.3, 0.4) is 0 Å². The largest absolute Gasteiger partial charge is 2.00 e. The molecule has 2 unspecified atom stereocenters. The van der Waals surface area contributed by atoms with Gasteiger partial charge in [-0.15, -0.1) is 0 Å². The zero-order valence-electron chi connectivity index (χ0n) is 28.5. The van der Waals surface area contributed by atoms with E-state index in [-0.39, 0.29) is 45.8 Å².